The number of carbonyl (C=O) groups excluding carboxylic acids is 1. The molecule has 0 saturated heterocycles. The smallest absolute Gasteiger partial charge is 0.311 e. The van der Waals surface area contributed by atoms with E-state index in [2.05, 4.69) is 6.58 Å². The maximum atomic E-state index is 11.1. The van der Waals surface area contributed by atoms with Gasteiger partial charge in [-0.3, -0.25) is 4.79 Å². The summed E-state index contributed by atoms with van der Waals surface area (Å²) in [6.07, 6.45) is 1.38. The Kier molecular flexibility index (Phi) is 5.37. The number of ether oxygens (including phenoxy) is 1. The van der Waals surface area contributed by atoms with Crippen molar-refractivity contribution in [3.8, 4) is 0 Å². The van der Waals surface area contributed by atoms with Gasteiger partial charge in [-0.05, 0) is 20.3 Å². The van der Waals surface area contributed by atoms with E-state index in [1.165, 1.54) is 0 Å². The van der Waals surface area contributed by atoms with Crippen molar-refractivity contribution in [1.82, 2.24) is 0 Å². The molecule has 3 nitrogen and oxygen atoms in total. The zero-order valence-corrected chi connectivity index (χ0v) is 7.62. The Morgan fingerprint density at radius 1 is 1.75 bits per heavy atom. The SMILES string of the molecule is C=CC[C@H](C(=O)OCC)[C@@H](C)O. The largest absolute Gasteiger partial charge is 0.466 e. The van der Waals surface area contributed by atoms with Crippen LogP contribution in [-0.2, 0) is 9.53 Å². The molecule has 0 aliphatic heterocycles. The van der Waals surface area contributed by atoms with Crippen molar-refractivity contribution in [3.63, 3.8) is 0 Å². The topological polar surface area (TPSA) is 46.5 Å². The second kappa shape index (κ2) is 5.77. The Labute approximate surface area is 73.0 Å². The van der Waals surface area contributed by atoms with Crippen molar-refractivity contribution < 1.29 is 14.6 Å². The third-order valence-corrected chi connectivity index (χ3v) is 1.59. The van der Waals surface area contributed by atoms with Gasteiger partial charge in [0, 0.05) is 0 Å². The lowest BCUT2D eigenvalue weighted by Gasteiger charge is -2.15. The Balaban J connectivity index is 4.08. The highest BCUT2D eigenvalue weighted by molar-refractivity contribution is 5.73. The third-order valence-electron chi connectivity index (χ3n) is 1.59. The molecule has 0 aromatic rings. The average molecular weight is 172 g/mol. The average Bonchev–Trinajstić information content (AvgIpc) is 1.99. The fourth-order valence-electron chi connectivity index (χ4n) is 0.919. The second-order valence-electron chi connectivity index (χ2n) is 2.62. The lowest BCUT2D eigenvalue weighted by Crippen LogP contribution is -2.27. The minimum absolute atomic E-state index is 0.346. The van der Waals surface area contributed by atoms with Crippen LogP contribution in [0.2, 0.25) is 0 Å². The molecular formula is C9H16O3. The minimum atomic E-state index is -0.679. The van der Waals surface area contributed by atoms with Gasteiger partial charge < -0.3 is 9.84 Å². The molecule has 0 aliphatic rings. The molecule has 0 aromatic heterocycles. The van der Waals surface area contributed by atoms with Crippen LogP contribution in [0.1, 0.15) is 20.3 Å². The van der Waals surface area contributed by atoms with Gasteiger partial charge in [-0.15, -0.1) is 6.58 Å². The van der Waals surface area contributed by atoms with Crippen LogP contribution in [0.5, 0.6) is 0 Å². The van der Waals surface area contributed by atoms with Gasteiger partial charge in [0.15, 0.2) is 0 Å². The molecule has 12 heavy (non-hydrogen) atoms. The summed E-state index contributed by atoms with van der Waals surface area (Å²) in [6.45, 7) is 7.17. The van der Waals surface area contributed by atoms with E-state index in [0.717, 1.165) is 0 Å². The van der Waals surface area contributed by atoms with E-state index in [9.17, 15) is 9.90 Å². The maximum Gasteiger partial charge on any atom is 0.311 e. The number of esters is 1. The van der Waals surface area contributed by atoms with Gasteiger partial charge in [-0.1, -0.05) is 6.08 Å². The van der Waals surface area contributed by atoms with Crippen LogP contribution in [0.3, 0.4) is 0 Å². The monoisotopic (exact) mass is 172 g/mol. The molecule has 0 radical (unpaired) electrons. The van der Waals surface area contributed by atoms with Gasteiger partial charge in [-0.25, -0.2) is 0 Å². The summed E-state index contributed by atoms with van der Waals surface area (Å²) < 4.78 is 4.77. The lowest BCUT2D eigenvalue weighted by molar-refractivity contribution is -0.151. The van der Waals surface area contributed by atoms with Gasteiger partial charge >= 0.3 is 5.97 Å². The first-order valence-electron chi connectivity index (χ1n) is 4.09. The predicted octanol–water partition coefficient (Wildman–Crippen LogP) is 1.12. The van der Waals surface area contributed by atoms with Crippen LogP contribution in [0.25, 0.3) is 0 Å². The van der Waals surface area contributed by atoms with E-state index in [-0.39, 0.29) is 5.97 Å². The van der Waals surface area contributed by atoms with Gasteiger partial charge in [-0.2, -0.15) is 0 Å². The van der Waals surface area contributed by atoms with Crippen LogP contribution < -0.4 is 0 Å². The minimum Gasteiger partial charge on any atom is -0.466 e. The molecule has 70 valence electrons. The number of allylic oxidation sites excluding steroid dienone is 1. The zero-order valence-electron chi connectivity index (χ0n) is 7.62. The summed E-state index contributed by atoms with van der Waals surface area (Å²) in [6, 6.07) is 0. The summed E-state index contributed by atoms with van der Waals surface area (Å²) in [7, 11) is 0. The van der Waals surface area contributed by atoms with Crippen molar-refractivity contribution >= 4 is 5.97 Å². The van der Waals surface area contributed by atoms with Crippen LogP contribution in [0, 0.1) is 5.92 Å². The first-order valence-corrected chi connectivity index (χ1v) is 4.09. The van der Waals surface area contributed by atoms with Crippen molar-refractivity contribution in [2.24, 2.45) is 5.92 Å². The van der Waals surface area contributed by atoms with Crippen molar-refractivity contribution in [2.45, 2.75) is 26.4 Å². The molecule has 0 spiro atoms. The molecule has 2 atom stereocenters. The van der Waals surface area contributed by atoms with Crippen molar-refractivity contribution in [2.75, 3.05) is 6.61 Å². The molecule has 3 heteroatoms. The third kappa shape index (κ3) is 3.53. The molecule has 0 rings (SSSR count). The Hall–Kier alpha value is -0.830. The zero-order chi connectivity index (χ0) is 9.56. The molecule has 1 N–H and O–H groups in total. The first-order chi connectivity index (χ1) is 5.63. The van der Waals surface area contributed by atoms with E-state index < -0.39 is 12.0 Å². The van der Waals surface area contributed by atoms with E-state index >= 15 is 0 Å². The van der Waals surface area contributed by atoms with E-state index in [0.29, 0.717) is 13.0 Å². The van der Waals surface area contributed by atoms with Crippen LogP contribution in [0.15, 0.2) is 12.7 Å². The molecule has 0 fully saturated rings. The fourth-order valence-corrected chi connectivity index (χ4v) is 0.919. The molecule has 0 heterocycles. The van der Waals surface area contributed by atoms with E-state index in [1.54, 1.807) is 19.9 Å². The Bertz CT molecular complexity index is 152. The van der Waals surface area contributed by atoms with Gasteiger partial charge in [0.05, 0.1) is 18.6 Å². The number of hydrogen-bond donors (Lipinski definition) is 1. The van der Waals surface area contributed by atoms with Crippen LogP contribution >= 0.6 is 0 Å². The number of hydrogen-bond acceptors (Lipinski definition) is 3. The van der Waals surface area contributed by atoms with Crippen molar-refractivity contribution in [1.29, 1.82) is 0 Å². The standard InChI is InChI=1S/C9H16O3/c1-4-6-8(7(3)10)9(11)12-5-2/h4,7-8,10H,1,5-6H2,2-3H3/t7-,8+/m1/s1. The van der Waals surface area contributed by atoms with Crippen LogP contribution in [-0.4, -0.2) is 23.8 Å². The second-order valence-corrected chi connectivity index (χ2v) is 2.62. The highest BCUT2D eigenvalue weighted by Crippen LogP contribution is 2.11. The normalized spacial score (nSPS) is 14.9. The van der Waals surface area contributed by atoms with E-state index in [4.69, 9.17) is 4.74 Å². The molecule has 0 saturated carbocycles. The van der Waals surface area contributed by atoms with Crippen LogP contribution in [0.4, 0.5) is 0 Å². The fraction of sp³-hybridized carbons (Fsp3) is 0.667. The number of aliphatic hydroxyl groups is 1. The summed E-state index contributed by atoms with van der Waals surface area (Å²) in [5.74, 6) is -0.824. The molecular weight excluding hydrogens is 156 g/mol. The molecule has 0 aromatic carbocycles. The molecule has 0 bridgehead atoms. The summed E-state index contributed by atoms with van der Waals surface area (Å²) in [5.41, 5.74) is 0. The van der Waals surface area contributed by atoms with Crippen molar-refractivity contribution in [3.05, 3.63) is 12.7 Å². The Morgan fingerprint density at radius 2 is 2.33 bits per heavy atom. The van der Waals surface area contributed by atoms with Gasteiger partial charge in [0.2, 0.25) is 0 Å². The quantitative estimate of drug-likeness (QED) is 0.499. The molecule has 0 amide bonds. The number of aliphatic hydroxyl groups excluding tert-OH is 1. The number of carbonyl (C=O) groups is 1. The van der Waals surface area contributed by atoms with Gasteiger partial charge in [0.25, 0.3) is 0 Å². The number of rotatable bonds is 5. The maximum absolute atomic E-state index is 11.1. The highest BCUT2D eigenvalue weighted by atomic mass is 16.5. The first kappa shape index (κ1) is 11.2. The molecule has 0 unspecified atom stereocenters. The van der Waals surface area contributed by atoms with Gasteiger partial charge in [0.1, 0.15) is 0 Å². The molecule has 0 aliphatic carbocycles. The van der Waals surface area contributed by atoms with E-state index in [1.807, 2.05) is 0 Å². The summed E-state index contributed by atoms with van der Waals surface area (Å²) in [4.78, 5) is 11.1. The predicted molar refractivity (Wildman–Crippen MR) is 46.6 cm³/mol. The Morgan fingerprint density at radius 3 is 2.67 bits per heavy atom. The summed E-state index contributed by atoms with van der Waals surface area (Å²) in [5, 5.41) is 9.19. The highest BCUT2D eigenvalue weighted by Gasteiger charge is 2.22. The lowest BCUT2D eigenvalue weighted by atomic mass is 10.0. The summed E-state index contributed by atoms with van der Waals surface area (Å²) >= 11 is 0.